The minimum Gasteiger partial charge on any atom is -0.378 e. The summed E-state index contributed by atoms with van der Waals surface area (Å²) in [5, 5.41) is 7.04. The van der Waals surface area contributed by atoms with Crippen LogP contribution in [-0.4, -0.2) is 62.2 Å². The van der Waals surface area contributed by atoms with Crippen LogP contribution in [0.2, 0.25) is 0 Å². The predicted octanol–water partition coefficient (Wildman–Crippen LogP) is 3.74. The van der Waals surface area contributed by atoms with E-state index in [1.54, 1.807) is 12.3 Å². The first-order valence-electron chi connectivity index (χ1n) is 12.1. The molecule has 1 aromatic carbocycles. The van der Waals surface area contributed by atoms with Gasteiger partial charge in [-0.1, -0.05) is 24.3 Å². The molecule has 0 atom stereocenters. The quantitative estimate of drug-likeness (QED) is 0.352. The Morgan fingerprint density at radius 1 is 1.03 bits per heavy atom. The fourth-order valence-corrected chi connectivity index (χ4v) is 4.50. The molecule has 2 N–H and O–H groups in total. The number of ether oxygens (including phenoxy) is 1. The van der Waals surface area contributed by atoms with Crippen molar-refractivity contribution in [2.24, 2.45) is 0 Å². The number of imidazole rings is 1. The van der Waals surface area contributed by atoms with E-state index in [2.05, 4.69) is 30.0 Å². The van der Waals surface area contributed by atoms with Gasteiger partial charge in [0.2, 0.25) is 0 Å². The van der Waals surface area contributed by atoms with E-state index >= 15 is 0 Å². The molecule has 9 nitrogen and oxygen atoms in total. The molecule has 186 valence electrons. The summed E-state index contributed by atoms with van der Waals surface area (Å²) in [6, 6.07) is 12.9. The average Bonchev–Trinajstić information content (AvgIpc) is 3.57. The highest BCUT2D eigenvalue weighted by Crippen LogP contribution is 2.27. The number of pyridine rings is 2. The van der Waals surface area contributed by atoms with Crippen LogP contribution in [-0.2, 0) is 22.4 Å². The molecule has 1 aliphatic heterocycles. The number of morpholine rings is 1. The standard InChI is InChI=1S/C27H24FN7O2/c28-20-12-19(15-29-16-20)24-14-21(33-34-24)13-22(36)11-17-1-3-18(4-2-17)26-31-23-5-6-30-27(25(23)32-26)35-7-9-37-10-8-35/h1-6,12,14-16H,7-11,13H2,(H,31,32)(H,33,34). The molecule has 0 saturated carbocycles. The third kappa shape index (κ3) is 4.96. The number of carbonyl (C=O) groups excluding carboxylic acids is 1. The van der Waals surface area contributed by atoms with Gasteiger partial charge in [-0.15, -0.1) is 0 Å². The summed E-state index contributed by atoms with van der Waals surface area (Å²) in [7, 11) is 0. The van der Waals surface area contributed by atoms with Crippen LogP contribution in [0.15, 0.2) is 61.1 Å². The lowest BCUT2D eigenvalue weighted by molar-refractivity contribution is -0.117. The number of H-pyrrole nitrogens is 2. The van der Waals surface area contributed by atoms with E-state index in [1.165, 1.54) is 12.3 Å². The van der Waals surface area contributed by atoms with Gasteiger partial charge in [-0.05, 0) is 23.8 Å². The normalized spacial score (nSPS) is 13.8. The van der Waals surface area contributed by atoms with Gasteiger partial charge in [0.1, 0.15) is 22.9 Å². The number of nitrogens with zero attached hydrogens (tertiary/aromatic N) is 5. The summed E-state index contributed by atoms with van der Waals surface area (Å²) in [6.07, 6.45) is 4.97. The number of halogens is 1. The minimum atomic E-state index is -0.432. The lowest BCUT2D eigenvalue weighted by atomic mass is 10.0. The lowest BCUT2D eigenvalue weighted by Gasteiger charge is -2.27. The van der Waals surface area contributed by atoms with Gasteiger partial charge >= 0.3 is 0 Å². The number of aromatic amines is 2. The molecule has 1 saturated heterocycles. The Morgan fingerprint density at radius 2 is 1.86 bits per heavy atom. The second kappa shape index (κ2) is 9.90. The maximum Gasteiger partial charge on any atom is 0.156 e. The number of hydrogen-bond donors (Lipinski definition) is 2. The Kier molecular flexibility index (Phi) is 6.15. The average molecular weight is 498 g/mol. The van der Waals surface area contributed by atoms with Crippen molar-refractivity contribution in [1.82, 2.24) is 30.1 Å². The molecule has 6 rings (SSSR count). The molecule has 5 aromatic rings. The lowest BCUT2D eigenvalue weighted by Crippen LogP contribution is -2.36. The van der Waals surface area contributed by atoms with Crippen molar-refractivity contribution in [2.45, 2.75) is 12.8 Å². The van der Waals surface area contributed by atoms with Crippen molar-refractivity contribution in [3.8, 4) is 22.6 Å². The van der Waals surface area contributed by atoms with Crippen LogP contribution in [0, 0.1) is 5.82 Å². The largest absolute Gasteiger partial charge is 0.378 e. The summed E-state index contributed by atoms with van der Waals surface area (Å²) in [4.78, 5) is 31.5. The van der Waals surface area contributed by atoms with Gasteiger partial charge in [-0.3, -0.25) is 14.9 Å². The molecule has 10 heteroatoms. The zero-order valence-corrected chi connectivity index (χ0v) is 19.9. The van der Waals surface area contributed by atoms with Crippen molar-refractivity contribution in [1.29, 1.82) is 0 Å². The minimum absolute atomic E-state index is 0.0466. The Balaban J connectivity index is 1.13. The van der Waals surface area contributed by atoms with Gasteiger partial charge in [0.25, 0.3) is 0 Å². The molecule has 0 radical (unpaired) electrons. The maximum atomic E-state index is 13.4. The number of fused-ring (bicyclic) bond motifs is 1. The van der Waals surface area contributed by atoms with E-state index in [0.29, 0.717) is 36.6 Å². The second-order valence-electron chi connectivity index (χ2n) is 8.97. The van der Waals surface area contributed by atoms with Crippen LogP contribution in [0.25, 0.3) is 33.7 Å². The van der Waals surface area contributed by atoms with Gasteiger partial charge in [-0.25, -0.2) is 14.4 Å². The van der Waals surface area contributed by atoms with Crippen LogP contribution in [0.3, 0.4) is 0 Å². The highest BCUT2D eigenvalue weighted by atomic mass is 19.1. The number of carbonyl (C=O) groups is 1. The van der Waals surface area contributed by atoms with Crippen LogP contribution in [0.4, 0.5) is 10.2 Å². The zero-order chi connectivity index (χ0) is 25.2. The smallest absolute Gasteiger partial charge is 0.156 e. The topological polar surface area (TPSA) is 113 Å². The number of aromatic nitrogens is 6. The number of nitrogens with one attached hydrogen (secondary N) is 2. The third-order valence-electron chi connectivity index (χ3n) is 6.34. The van der Waals surface area contributed by atoms with Gasteiger partial charge in [-0.2, -0.15) is 5.10 Å². The zero-order valence-electron chi connectivity index (χ0n) is 19.9. The predicted molar refractivity (Wildman–Crippen MR) is 137 cm³/mol. The van der Waals surface area contributed by atoms with Gasteiger partial charge in [0, 0.05) is 55.1 Å². The highest BCUT2D eigenvalue weighted by Gasteiger charge is 2.18. The monoisotopic (exact) mass is 497 g/mol. The van der Waals surface area contributed by atoms with Crippen LogP contribution >= 0.6 is 0 Å². The van der Waals surface area contributed by atoms with E-state index in [-0.39, 0.29) is 12.2 Å². The molecule has 0 spiro atoms. The van der Waals surface area contributed by atoms with E-state index in [0.717, 1.165) is 53.1 Å². The number of hydrogen-bond acceptors (Lipinski definition) is 7. The van der Waals surface area contributed by atoms with Crippen molar-refractivity contribution in [3.05, 3.63) is 78.1 Å². The molecular formula is C27H24FN7O2. The fourth-order valence-electron chi connectivity index (χ4n) is 4.50. The van der Waals surface area contributed by atoms with E-state index < -0.39 is 5.82 Å². The maximum absolute atomic E-state index is 13.4. The molecule has 0 unspecified atom stereocenters. The molecular weight excluding hydrogens is 473 g/mol. The van der Waals surface area contributed by atoms with Crippen molar-refractivity contribution >= 4 is 22.6 Å². The van der Waals surface area contributed by atoms with Crippen molar-refractivity contribution < 1.29 is 13.9 Å². The Labute approximate surface area is 211 Å². The molecule has 1 aliphatic rings. The van der Waals surface area contributed by atoms with Gasteiger partial charge in [0.05, 0.1) is 30.6 Å². The first-order valence-corrected chi connectivity index (χ1v) is 12.1. The summed E-state index contributed by atoms with van der Waals surface area (Å²) in [5.74, 6) is 1.23. The third-order valence-corrected chi connectivity index (χ3v) is 6.34. The summed E-state index contributed by atoms with van der Waals surface area (Å²) >= 11 is 0. The number of Topliss-reactive ketones (excluding diaryl/α,β-unsaturated/α-hetero) is 1. The molecule has 0 aliphatic carbocycles. The van der Waals surface area contributed by atoms with E-state index in [9.17, 15) is 9.18 Å². The molecule has 37 heavy (non-hydrogen) atoms. The van der Waals surface area contributed by atoms with Gasteiger partial charge < -0.3 is 14.6 Å². The van der Waals surface area contributed by atoms with Crippen molar-refractivity contribution in [2.75, 3.05) is 31.2 Å². The highest BCUT2D eigenvalue weighted by molar-refractivity contribution is 5.89. The Bertz CT molecular complexity index is 1550. The number of anilines is 1. The van der Waals surface area contributed by atoms with E-state index in [1.807, 2.05) is 30.3 Å². The first kappa shape index (κ1) is 23.0. The summed E-state index contributed by atoms with van der Waals surface area (Å²) in [5.41, 5.74) is 5.40. The second-order valence-corrected chi connectivity index (χ2v) is 8.97. The Hall–Kier alpha value is -4.44. The van der Waals surface area contributed by atoms with Crippen LogP contribution < -0.4 is 4.90 Å². The SMILES string of the molecule is O=C(Cc1ccc(-c2nc3c(N4CCOCC4)nccc3[nH]2)cc1)Cc1cc(-c2cncc(F)c2)n[nH]1. The molecule has 0 bridgehead atoms. The number of rotatable bonds is 7. The molecule has 4 aromatic heterocycles. The summed E-state index contributed by atoms with van der Waals surface area (Å²) < 4.78 is 18.9. The Morgan fingerprint density at radius 3 is 2.68 bits per heavy atom. The molecule has 5 heterocycles. The first-order chi connectivity index (χ1) is 18.1. The molecule has 1 fully saturated rings. The fraction of sp³-hybridized carbons (Fsp3) is 0.222. The van der Waals surface area contributed by atoms with Crippen LogP contribution in [0.5, 0.6) is 0 Å². The van der Waals surface area contributed by atoms with Crippen LogP contribution in [0.1, 0.15) is 11.3 Å². The number of ketones is 1. The molecule has 0 amide bonds. The van der Waals surface area contributed by atoms with E-state index in [4.69, 9.17) is 9.72 Å². The van der Waals surface area contributed by atoms with Crippen molar-refractivity contribution in [3.63, 3.8) is 0 Å². The number of benzene rings is 1. The summed E-state index contributed by atoms with van der Waals surface area (Å²) in [6.45, 7) is 2.95. The van der Waals surface area contributed by atoms with Gasteiger partial charge in [0.15, 0.2) is 5.82 Å².